The fourth-order valence-electron chi connectivity index (χ4n) is 5.11. The number of nitrogens with one attached hydrogen (secondary N) is 1. The van der Waals surface area contributed by atoms with Crippen molar-refractivity contribution in [3.63, 3.8) is 0 Å². The van der Waals surface area contributed by atoms with Crippen LogP contribution >= 0.6 is 0 Å². The summed E-state index contributed by atoms with van der Waals surface area (Å²) in [4.78, 5) is 19.8. The van der Waals surface area contributed by atoms with E-state index in [1.54, 1.807) is 6.20 Å². The molecule has 1 amide bonds. The van der Waals surface area contributed by atoms with Crippen LogP contribution in [0.4, 0.5) is 18.9 Å². The molecule has 1 atom stereocenters. The van der Waals surface area contributed by atoms with Gasteiger partial charge < -0.3 is 20.7 Å². The lowest BCUT2D eigenvalue weighted by atomic mass is 9.71. The predicted octanol–water partition coefficient (Wildman–Crippen LogP) is 5.04. The van der Waals surface area contributed by atoms with Gasteiger partial charge in [-0.25, -0.2) is 4.98 Å². The number of alkyl halides is 3. The molecule has 3 N–H and O–H groups in total. The minimum Gasteiger partial charge on any atom is -0.478 e. The topological polar surface area (TPSA) is 104 Å². The first-order valence-corrected chi connectivity index (χ1v) is 13.2. The van der Waals surface area contributed by atoms with Crippen molar-refractivity contribution >= 4 is 11.6 Å². The third-order valence-electron chi connectivity index (χ3n) is 7.22. The van der Waals surface area contributed by atoms with E-state index in [4.69, 9.17) is 10.5 Å². The SMILES string of the molecule is CCOc1ncccc1-c1ccc(C2(C(=O)NC[C@H](C)N)CCN(c3ccc(C(F)(F)F)cc3C#N)CC2)cc1. The van der Waals surface area contributed by atoms with Crippen LogP contribution in [0, 0.1) is 11.3 Å². The molecule has 0 radical (unpaired) electrons. The van der Waals surface area contributed by atoms with E-state index in [-0.39, 0.29) is 17.5 Å². The number of halogens is 3. The van der Waals surface area contributed by atoms with Crippen LogP contribution < -0.4 is 20.7 Å². The summed E-state index contributed by atoms with van der Waals surface area (Å²) in [5.41, 5.74) is 7.10. The summed E-state index contributed by atoms with van der Waals surface area (Å²) >= 11 is 0. The molecule has 0 aliphatic carbocycles. The molecular formula is C30H32F3N5O2. The van der Waals surface area contributed by atoms with E-state index in [1.807, 2.05) is 61.2 Å². The number of aromatic nitrogens is 1. The molecule has 3 aromatic rings. The third-order valence-corrected chi connectivity index (χ3v) is 7.22. The zero-order valence-corrected chi connectivity index (χ0v) is 22.5. The van der Waals surface area contributed by atoms with E-state index < -0.39 is 17.2 Å². The molecule has 0 spiro atoms. The minimum atomic E-state index is -4.54. The van der Waals surface area contributed by atoms with Gasteiger partial charge in [0.15, 0.2) is 0 Å². The van der Waals surface area contributed by atoms with Crippen molar-refractivity contribution in [3.05, 3.63) is 77.5 Å². The quantitative estimate of drug-likeness (QED) is 0.407. The van der Waals surface area contributed by atoms with Crippen molar-refractivity contribution in [1.82, 2.24) is 10.3 Å². The molecule has 1 aliphatic rings. The number of hydrogen-bond donors (Lipinski definition) is 2. The Morgan fingerprint density at radius 2 is 1.90 bits per heavy atom. The Morgan fingerprint density at radius 1 is 1.20 bits per heavy atom. The molecule has 1 saturated heterocycles. The summed E-state index contributed by atoms with van der Waals surface area (Å²) in [7, 11) is 0. The number of amides is 1. The smallest absolute Gasteiger partial charge is 0.416 e. The second-order valence-corrected chi connectivity index (χ2v) is 9.96. The van der Waals surface area contributed by atoms with Crippen molar-refractivity contribution in [3.8, 4) is 23.1 Å². The summed E-state index contributed by atoms with van der Waals surface area (Å²) in [6.07, 6.45) is -2.06. The molecule has 4 rings (SSSR count). The lowest BCUT2D eigenvalue weighted by Gasteiger charge is -2.42. The highest BCUT2D eigenvalue weighted by atomic mass is 19.4. The van der Waals surface area contributed by atoms with Crippen molar-refractivity contribution in [2.45, 2.75) is 44.3 Å². The van der Waals surface area contributed by atoms with Gasteiger partial charge in [-0.2, -0.15) is 18.4 Å². The van der Waals surface area contributed by atoms with Gasteiger partial charge in [-0.15, -0.1) is 0 Å². The molecular weight excluding hydrogens is 519 g/mol. The molecule has 40 heavy (non-hydrogen) atoms. The van der Waals surface area contributed by atoms with Crippen LogP contribution in [0.5, 0.6) is 5.88 Å². The first-order chi connectivity index (χ1) is 19.1. The minimum absolute atomic E-state index is 0.0466. The first-order valence-electron chi connectivity index (χ1n) is 13.2. The molecule has 2 heterocycles. The Balaban J connectivity index is 1.63. The fraction of sp³-hybridized carbons (Fsp3) is 0.367. The molecule has 0 unspecified atom stereocenters. The molecule has 1 aliphatic heterocycles. The summed E-state index contributed by atoms with van der Waals surface area (Å²) < 4.78 is 45.3. The van der Waals surface area contributed by atoms with Gasteiger partial charge in [0, 0.05) is 37.4 Å². The maximum atomic E-state index is 13.6. The molecule has 10 heteroatoms. The van der Waals surface area contributed by atoms with Gasteiger partial charge in [-0.3, -0.25) is 4.79 Å². The van der Waals surface area contributed by atoms with Gasteiger partial charge in [-0.1, -0.05) is 24.3 Å². The van der Waals surface area contributed by atoms with E-state index in [9.17, 15) is 23.2 Å². The molecule has 210 valence electrons. The lowest BCUT2D eigenvalue weighted by Crippen LogP contribution is -2.53. The Hall–Kier alpha value is -4.10. The Labute approximate surface area is 231 Å². The highest BCUT2D eigenvalue weighted by Crippen LogP contribution is 2.40. The van der Waals surface area contributed by atoms with Crippen LogP contribution in [0.1, 0.15) is 43.4 Å². The maximum absolute atomic E-state index is 13.6. The van der Waals surface area contributed by atoms with Gasteiger partial charge in [0.1, 0.15) is 6.07 Å². The monoisotopic (exact) mass is 551 g/mol. The number of benzene rings is 2. The Kier molecular flexibility index (Phi) is 8.64. The number of rotatable bonds is 8. The van der Waals surface area contributed by atoms with Gasteiger partial charge in [0.25, 0.3) is 0 Å². The largest absolute Gasteiger partial charge is 0.478 e. The lowest BCUT2D eigenvalue weighted by molar-refractivity contribution is -0.137. The number of nitriles is 1. The van der Waals surface area contributed by atoms with E-state index in [2.05, 4.69) is 10.3 Å². The van der Waals surface area contributed by atoms with Gasteiger partial charge >= 0.3 is 6.18 Å². The van der Waals surface area contributed by atoms with E-state index in [0.717, 1.165) is 28.8 Å². The highest BCUT2D eigenvalue weighted by molar-refractivity contribution is 5.89. The number of piperidine rings is 1. The normalized spacial score (nSPS) is 15.7. The molecule has 0 saturated carbocycles. The number of carbonyl (C=O) groups is 1. The van der Waals surface area contributed by atoms with Crippen LogP contribution in [0.25, 0.3) is 11.1 Å². The Bertz CT molecular complexity index is 1380. The number of ether oxygens (including phenoxy) is 1. The van der Waals surface area contributed by atoms with Crippen molar-refractivity contribution in [2.75, 3.05) is 31.1 Å². The third kappa shape index (κ3) is 6.05. The van der Waals surface area contributed by atoms with Gasteiger partial charge in [0.05, 0.1) is 28.8 Å². The van der Waals surface area contributed by atoms with E-state index in [1.165, 1.54) is 6.07 Å². The fourth-order valence-corrected chi connectivity index (χ4v) is 5.11. The number of nitrogens with two attached hydrogens (primary N) is 1. The summed E-state index contributed by atoms with van der Waals surface area (Å²) in [5, 5.41) is 12.5. The Morgan fingerprint density at radius 3 is 2.50 bits per heavy atom. The number of pyridine rings is 1. The maximum Gasteiger partial charge on any atom is 0.416 e. The highest BCUT2D eigenvalue weighted by Gasteiger charge is 2.43. The number of carbonyl (C=O) groups excluding carboxylic acids is 1. The van der Waals surface area contributed by atoms with Gasteiger partial charge in [0.2, 0.25) is 11.8 Å². The summed E-state index contributed by atoms with van der Waals surface area (Å²) in [6.45, 7) is 5.25. The first kappa shape index (κ1) is 28.9. The zero-order valence-electron chi connectivity index (χ0n) is 22.5. The number of nitrogens with zero attached hydrogens (tertiary/aromatic N) is 3. The van der Waals surface area contributed by atoms with Crippen LogP contribution in [0.3, 0.4) is 0 Å². The second-order valence-electron chi connectivity index (χ2n) is 9.96. The van der Waals surface area contributed by atoms with Gasteiger partial charge in [-0.05, 0) is 68.1 Å². The van der Waals surface area contributed by atoms with E-state index >= 15 is 0 Å². The molecule has 1 aromatic heterocycles. The number of anilines is 1. The molecule has 1 fully saturated rings. The summed E-state index contributed by atoms with van der Waals surface area (Å²) in [5.74, 6) is 0.377. The van der Waals surface area contributed by atoms with Crippen molar-refractivity contribution < 1.29 is 22.7 Å². The zero-order chi connectivity index (χ0) is 28.9. The van der Waals surface area contributed by atoms with Crippen molar-refractivity contribution in [2.24, 2.45) is 5.73 Å². The van der Waals surface area contributed by atoms with Crippen LogP contribution in [0.15, 0.2) is 60.8 Å². The van der Waals surface area contributed by atoms with Crippen LogP contribution in [0.2, 0.25) is 0 Å². The van der Waals surface area contributed by atoms with E-state index in [0.29, 0.717) is 50.7 Å². The average Bonchev–Trinajstić information content (AvgIpc) is 2.95. The van der Waals surface area contributed by atoms with Crippen molar-refractivity contribution in [1.29, 1.82) is 5.26 Å². The predicted molar refractivity (Wildman–Crippen MR) is 147 cm³/mol. The standard InChI is InChI=1S/C30H32F3N5O2/c1-3-40-27-25(5-4-14-36-27)21-6-8-23(9-7-21)29(28(39)37-19-20(2)35)12-15-38(16-13-29)26-11-10-24(30(31,32)33)17-22(26)18-34/h4-11,14,17,20H,3,12-13,15-16,19,35H2,1-2H3,(H,37,39)/t20-/m0/s1. The molecule has 0 bridgehead atoms. The number of hydrogen-bond acceptors (Lipinski definition) is 6. The average molecular weight is 552 g/mol. The molecule has 2 aromatic carbocycles. The molecule has 7 nitrogen and oxygen atoms in total. The summed E-state index contributed by atoms with van der Waals surface area (Å²) in [6, 6.07) is 16.4. The van der Waals surface area contributed by atoms with Crippen LogP contribution in [-0.2, 0) is 16.4 Å². The van der Waals surface area contributed by atoms with Crippen LogP contribution in [-0.4, -0.2) is 43.2 Å². The second kappa shape index (κ2) is 12.0.